The number of piperazine rings is 1. The lowest BCUT2D eigenvalue weighted by Crippen LogP contribution is -2.51. The molecule has 0 bridgehead atoms. The van der Waals surface area contributed by atoms with Crippen molar-refractivity contribution in [2.24, 2.45) is 5.92 Å². The maximum absolute atomic E-state index is 12.4. The van der Waals surface area contributed by atoms with Crippen LogP contribution in [0.5, 0.6) is 0 Å². The summed E-state index contributed by atoms with van der Waals surface area (Å²) in [5, 5.41) is 2.87. The van der Waals surface area contributed by atoms with Gasteiger partial charge in [-0.25, -0.2) is 0 Å². The molecule has 5 heteroatoms. The van der Waals surface area contributed by atoms with Gasteiger partial charge in [-0.3, -0.25) is 9.59 Å². The SMILES string of the molecule is Cc1cccc(N2CCN(C(=O)CNC(=O)C3CCCCC3)CC2)c1C. The van der Waals surface area contributed by atoms with Gasteiger partial charge in [0.1, 0.15) is 0 Å². The molecule has 5 nitrogen and oxygen atoms in total. The molecule has 0 spiro atoms. The van der Waals surface area contributed by atoms with Gasteiger partial charge in [0.15, 0.2) is 0 Å². The first-order valence-electron chi connectivity index (χ1n) is 9.93. The zero-order chi connectivity index (χ0) is 18.5. The molecule has 1 aromatic carbocycles. The van der Waals surface area contributed by atoms with Crippen LogP contribution in [0.25, 0.3) is 0 Å². The van der Waals surface area contributed by atoms with Gasteiger partial charge in [0, 0.05) is 37.8 Å². The summed E-state index contributed by atoms with van der Waals surface area (Å²) in [6, 6.07) is 6.38. The highest BCUT2D eigenvalue weighted by Gasteiger charge is 2.25. The molecule has 1 aliphatic heterocycles. The molecule has 1 aliphatic carbocycles. The van der Waals surface area contributed by atoms with Crippen molar-refractivity contribution in [2.75, 3.05) is 37.6 Å². The van der Waals surface area contributed by atoms with E-state index < -0.39 is 0 Å². The van der Waals surface area contributed by atoms with E-state index in [1.54, 1.807) is 0 Å². The minimum Gasteiger partial charge on any atom is -0.368 e. The Kier molecular flexibility index (Phi) is 6.17. The Morgan fingerprint density at radius 3 is 2.42 bits per heavy atom. The summed E-state index contributed by atoms with van der Waals surface area (Å²) in [6.45, 7) is 7.53. The van der Waals surface area contributed by atoms with Crippen LogP contribution in [0.3, 0.4) is 0 Å². The number of carbonyl (C=O) groups is 2. The second kappa shape index (κ2) is 8.56. The first kappa shape index (κ1) is 18.7. The molecule has 1 saturated carbocycles. The second-order valence-electron chi connectivity index (χ2n) is 7.64. The average molecular weight is 357 g/mol. The third-order valence-corrected chi connectivity index (χ3v) is 5.94. The minimum absolute atomic E-state index is 0.0368. The van der Waals surface area contributed by atoms with Crippen molar-refractivity contribution in [3.05, 3.63) is 29.3 Å². The average Bonchev–Trinajstić information content (AvgIpc) is 2.69. The number of benzene rings is 1. The molecule has 0 unspecified atom stereocenters. The lowest BCUT2D eigenvalue weighted by atomic mass is 9.89. The van der Waals surface area contributed by atoms with Gasteiger partial charge in [-0.05, 0) is 43.9 Å². The molecule has 1 saturated heterocycles. The Labute approximate surface area is 156 Å². The molecule has 3 rings (SSSR count). The van der Waals surface area contributed by atoms with Gasteiger partial charge in [-0.1, -0.05) is 31.4 Å². The molecule has 2 aliphatic rings. The Balaban J connectivity index is 1.46. The second-order valence-corrected chi connectivity index (χ2v) is 7.64. The molecule has 0 aromatic heterocycles. The van der Waals surface area contributed by atoms with Crippen LogP contribution in [0.15, 0.2) is 18.2 Å². The zero-order valence-electron chi connectivity index (χ0n) is 16.1. The van der Waals surface area contributed by atoms with E-state index in [1.165, 1.54) is 23.2 Å². The van der Waals surface area contributed by atoms with Crippen LogP contribution >= 0.6 is 0 Å². The maximum Gasteiger partial charge on any atom is 0.242 e. The normalized spacial score (nSPS) is 18.7. The fourth-order valence-corrected chi connectivity index (χ4v) is 4.06. The molecule has 26 heavy (non-hydrogen) atoms. The van der Waals surface area contributed by atoms with Crippen LogP contribution in [0.4, 0.5) is 5.69 Å². The van der Waals surface area contributed by atoms with Crippen LogP contribution in [-0.2, 0) is 9.59 Å². The summed E-state index contributed by atoms with van der Waals surface area (Å²) in [5.74, 6) is 0.208. The zero-order valence-corrected chi connectivity index (χ0v) is 16.1. The van der Waals surface area contributed by atoms with Gasteiger partial charge < -0.3 is 15.1 Å². The van der Waals surface area contributed by atoms with E-state index in [9.17, 15) is 9.59 Å². The number of amides is 2. The van der Waals surface area contributed by atoms with E-state index in [1.807, 2.05) is 4.90 Å². The van der Waals surface area contributed by atoms with Gasteiger partial charge >= 0.3 is 0 Å². The van der Waals surface area contributed by atoms with Gasteiger partial charge in [-0.15, -0.1) is 0 Å². The third kappa shape index (κ3) is 4.37. The van der Waals surface area contributed by atoms with Gasteiger partial charge in [-0.2, -0.15) is 0 Å². The molecule has 1 heterocycles. The number of rotatable bonds is 4. The van der Waals surface area contributed by atoms with E-state index in [0.29, 0.717) is 13.1 Å². The van der Waals surface area contributed by atoms with Gasteiger partial charge in [0.05, 0.1) is 6.54 Å². The number of carbonyl (C=O) groups excluding carboxylic acids is 2. The molecule has 1 N–H and O–H groups in total. The molecule has 1 aromatic rings. The highest BCUT2D eigenvalue weighted by molar-refractivity contribution is 5.86. The van der Waals surface area contributed by atoms with Crippen molar-refractivity contribution in [3.8, 4) is 0 Å². The number of anilines is 1. The number of hydrogen-bond donors (Lipinski definition) is 1. The van der Waals surface area contributed by atoms with Crippen molar-refractivity contribution in [1.29, 1.82) is 0 Å². The van der Waals surface area contributed by atoms with Crippen LogP contribution in [0, 0.1) is 19.8 Å². The summed E-state index contributed by atoms with van der Waals surface area (Å²) in [5.41, 5.74) is 3.88. The number of hydrogen-bond acceptors (Lipinski definition) is 3. The highest BCUT2D eigenvalue weighted by Crippen LogP contribution is 2.24. The van der Waals surface area contributed by atoms with Crippen molar-refractivity contribution in [1.82, 2.24) is 10.2 Å². The van der Waals surface area contributed by atoms with Crippen LogP contribution in [0.1, 0.15) is 43.2 Å². The van der Waals surface area contributed by atoms with E-state index in [-0.39, 0.29) is 24.3 Å². The van der Waals surface area contributed by atoms with Crippen LogP contribution < -0.4 is 10.2 Å². The van der Waals surface area contributed by atoms with Crippen LogP contribution in [0.2, 0.25) is 0 Å². The fraction of sp³-hybridized carbons (Fsp3) is 0.619. The largest absolute Gasteiger partial charge is 0.368 e. The van der Waals surface area contributed by atoms with Crippen molar-refractivity contribution < 1.29 is 9.59 Å². The van der Waals surface area contributed by atoms with Gasteiger partial charge in [0.2, 0.25) is 11.8 Å². The lowest BCUT2D eigenvalue weighted by Gasteiger charge is -2.37. The van der Waals surface area contributed by atoms with E-state index in [4.69, 9.17) is 0 Å². The fourth-order valence-electron chi connectivity index (χ4n) is 4.06. The standard InChI is InChI=1S/C21H31N3O2/c1-16-7-6-10-19(17(16)2)23-11-13-24(14-12-23)20(25)15-22-21(26)18-8-4-3-5-9-18/h6-7,10,18H,3-5,8-9,11-15H2,1-2H3,(H,22,26). The van der Waals surface area contributed by atoms with Crippen molar-refractivity contribution >= 4 is 17.5 Å². The first-order valence-corrected chi connectivity index (χ1v) is 9.93. The summed E-state index contributed by atoms with van der Waals surface area (Å²) in [4.78, 5) is 28.9. The summed E-state index contributed by atoms with van der Waals surface area (Å²) >= 11 is 0. The molecular weight excluding hydrogens is 326 g/mol. The number of nitrogens with one attached hydrogen (secondary N) is 1. The Morgan fingerprint density at radius 1 is 1.04 bits per heavy atom. The minimum atomic E-state index is 0.0368. The molecule has 0 atom stereocenters. The monoisotopic (exact) mass is 357 g/mol. The third-order valence-electron chi connectivity index (χ3n) is 5.94. The molecule has 2 fully saturated rings. The Bertz CT molecular complexity index is 645. The van der Waals surface area contributed by atoms with Crippen LogP contribution in [-0.4, -0.2) is 49.4 Å². The highest BCUT2D eigenvalue weighted by atomic mass is 16.2. The summed E-state index contributed by atoms with van der Waals surface area (Å²) < 4.78 is 0. The molecule has 2 amide bonds. The van der Waals surface area contributed by atoms with E-state index >= 15 is 0 Å². The predicted molar refractivity (Wildman–Crippen MR) is 104 cm³/mol. The van der Waals surface area contributed by atoms with Crippen molar-refractivity contribution in [2.45, 2.75) is 46.0 Å². The molecule has 142 valence electrons. The first-order chi connectivity index (χ1) is 12.6. The van der Waals surface area contributed by atoms with E-state index in [0.717, 1.165) is 38.8 Å². The maximum atomic E-state index is 12.4. The smallest absolute Gasteiger partial charge is 0.242 e. The topological polar surface area (TPSA) is 52.6 Å². The quantitative estimate of drug-likeness (QED) is 0.901. The molecule has 0 radical (unpaired) electrons. The summed E-state index contributed by atoms with van der Waals surface area (Å²) in [6.07, 6.45) is 5.43. The van der Waals surface area contributed by atoms with Crippen molar-refractivity contribution in [3.63, 3.8) is 0 Å². The predicted octanol–water partition coefficient (Wildman–Crippen LogP) is 2.65. The van der Waals surface area contributed by atoms with E-state index in [2.05, 4.69) is 42.3 Å². The molecular formula is C21H31N3O2. The Hall–Kier alpha value is -2.04. The number of aryl methyl sites for hydroxylation is 1. The van der Waals surface area contributed by atoms with Gasteiger partial charge in [0.25, 0.3) is 0 Å². The number of nitrogens with zero attached hydrogens (tertiary/aromatic N) is 2. The summed E-state index contributed by atoms with van der Waals surface area (Å²) in [7, 11) is 0. The Morgan fingerprint density at radius 2 is 1.73 bits per heavy atom. The lowest BCUT2D eigenvalue weighted by molar-refractivity contribution is -0.134.